The standard InChI is InChI=1S/C20H30N2O4S/c1-16-9-5-8-14-22(16)20(23)17-10-11-18(26-2)19(15-17)27(24,25)21-12-6-3-4-7-13-21/h10-11,15-16H,3-9,12-14H2,1-2H3. The number of hydrogen-bond donors (Lipinski definition) is 0. The Labute approximate surface area is 162 Å². The molecule has 2 heterocycles. The molecule has 1 amide bonds. The SMILES string of the molecule is COc1ccc(C(=O)N2CCCCC2C)cc1S(=O)(=O)N1CCCCCC1. The summed E-state index contributed by atoms with van der Waals surface area (Å²) in [7, 11) is -2.23. The Morgan fingerprint density at radius 1 is 1.04 bits per heavy atom. The van der Waals surface area contributed by atoms with Gasteiger partial charge >= 0.3 is 0 Å². The van der Waals surface area contributed by atoms with Gasteiger partial charge in [0.15, 0.2) is 0 Å². The van der Waals surface area contributed by atoms with Crippen LogP contribution in [0, 0.1) is 0 Å². The maximum Gasteiger partial charge on any atom is 0.254 e. The summed E-state index contributed by atoms with van der Waals surface area (Å²) in [4.78, 5) is 15.0. The summed E-state index contributed by atoms with van der Waals surface area (Å²) in [5.41, 5.74) is 0.415. The van der Waals surface area contributed by atoms with Gasteiger partial charge in [0, 0.05) is 31.2 Å². The Bertz CT molecular complexity index is 770. The first-order valence-corrected chi connectivity index (χ1v) is 11.4. The highest BCUT2D eigenvalue weighted by Gasteiger charge is 2.31. The highest BCUT2D eigenvalue weighted by atomic mass is 32.2. The van der Waals surface area contributed by atoms with Crippen LogP contribution in [-0.2, 0) is 10.0 Å². The van der Waals surface area contributed by atoms with Crippen LogP contribution in [0.3, 0.4) is 0 Å². The molecule has 7 heteroatoms. The second kappa shape index (κ2) is 8.61. The van der Waals surface area contributed by atoms with Crippen molar-refractivity contribution in [1.82, 2.24) is 9.21 Å². The number of benzene rings is 1. The summed E-state index contributed by atoms with van der Waals surface area (Å²) in [5, 5.41) is 0. The molecule has 2 fully saturated rings. The van der Waals surface area contributed by atoms with Gasteiger partial charge < -0.3 is 9.64 Å². The lowest BCUT2D eigenvalue weighted by Gasteiger charge is -2.33. The Morgan fingerprint density at radius 3 is 2.33 bits per heavy atom. The number of hydrogen-bond acceptors (Lipinski definition) is 4. The molecule has 0 aliphatic carbocycles. The molecule has 27 heavy (non-hydrogen) atoms. The maximum atomic E-state index is 13.3. The second-order valence-electron chi connectivity index (χ2n) is 7.53. The number of ether oxygens (including phenoxy) is 1. The van der Waals surface area contributed by atoms with Crippen molar-refractivity contribution in [2.75, 3.05) is 26.7 Å². The first-order chi connectivity index (χ1) is 12.9. The summed E-state index contributed by atoms with van der Waals surface area (Å²) < 4.78 is 33.4. The van der Waals surface area contributed by atoms with Gasteiger partial charge in [0.1, 0.15) is 10.6 Å². The van der Waals surface area contributed by atoms with Crippen LogP contribution < -0.4 is 4.74 Å². The largest absolute Gasteiger partial charge is 0.495 e. The highest BCUT2D eigenvalue weighted by Crippen LogP contribution is 2.30. The number of methoxy groups -OCH3 is 1. The molecule has 0 N–H and O–H groups in total. The summed E-state index contributed by atoms with van der Waals surface area (Å²) in [5.74, 6) is 0.194. The van der Waals surface area contributed by atoms with Crippen molar-refractivity contribution >= 4 is 15.9 Å². The molecule has 0 saturated carbocycles. The highest BCUT2D eigenvalue weighted by molar-refractivity contribution is 7.89. The predicted molar refractivity (Wildman–Crippen MR) is 105 cm³/mol. The number of nitrogens with zero attached hydrogens (tertiary/aromatic N) is 2. The van der Waals surface area contributed by atoms with E-state index >= 15 is 0 Å². The van der Waals surface area contributed by atoms with E-state index < -0.39 is 10.0 Å². The van der Waals surface area contributed by atoms with E-state index in [1.165, 1.54) is 17.5 Å². The molecule has 2 aliphatic rings. The van der Waals surface area contributed by atoms with Gasteiger partial charge in [-0.15, -0.1) is 0 Å². The van der Waals surface area contributed by atoms with E-state index in [2.05, 4.69) is 6.92 Å². The van der Waals surface area contributed by atoms with Crippen molar-refractivity contribution < 1.29 is 17.9 Å². The smallest absolute Gasteiger partial charge is 0.254 e. The van der Waals surface area contributed by atoms with Crippen LogP contribution in [0.25, 0.3) is 0 Å². The van der Waals surface area contributed by atoms with Crippen molar-refractivity contribution in [3.05, 3.63) is 23.8 Å². The average molecular weight is 395 g/mol. The third-order valence-electron chi connectivity index (χ3n) is 5.66. The molecule has 1 aromatic rings. The third kappa shape index (κ3) is 4.29. The van der Waals surface area contributed by atoms with Crippen molar-refractivity contribution in [2.45, 2.75) is 62.8 Å². The summed E-state index contributed by atoms with van der Waals surface area (Å²) in [6.07, 6.45) is 6.94. The van der Waals surface area contributed by atoms with Gasteiger partial charge in [-0.1, -0.05) is 12.8 Å². The maximum absolute atomic E-state index is 13.3. The minimum atomic E-state index is -3.69. The van der Waals surface area contributed by atoms with E-state index in [4.69, 9.17) is 4.74 Å². The van der Waals surface area contributed by atoms with Crippen molar-refractivity contribution in [3.8, 4) is 5.75 Å². The number of carbonyl (C=O) groups is 1. The fourth-order valence-corrected chi connectivity index (χ4v) is 5.70. The first-order valence-electron chi connectivity index (χ1n) is 9.94. The molecule has 3 rings (SSSR count). The van der Waals surface area contributed by atoms with Crippen LogP contribution in [0.5, 0.6) is 5.75 Å². The lowest BCUT2D eigenvalue weighted by Crippen LogP contribution is -2.42. The van der Waals surface area contributed by atoms with Crippen LogP contribution in [0.1, 0.15) is 62.2 Å². The van der Waals surface area contributed by atoms with E-state index in [1.807, 2.05) is 4.90 Å². The Morgan fingerprint density at radius 2 is 1.70 bits per heavy atom. The molecular weight excluding hydrogens is 364 g/mol. The van der Waals surface area contributed by atoms with Crippen LogP contribution in [0.15, 0.2) is 23.1 Å². The Hall–Kier alpha value is -1.60. The number of piperidine rings is 1. The van der Waals surface area contributed by atoms with Gasteiger partial charge in [-0.3, -0.25) is 4.79 Å². The van der Waals surface area contributed by atoms with Gasteiger partial charge in [0.05, 0.1) is 7.11 Å². The van der Waals surface area contributed by atoms with Gasteiger partial charge in [0.25, 0.3) is 5.91 Å². The minimum absolute atomic E-state index is 0.0995. The number of rotatable bonds is 4. The molecule has 0 spiro atoms. The minimum Gasteiger partial charge on any atom is -0.495 e. The normalized spacial score (nSPS) is 22.3. The summed E-state index contributed by atoms with van der Waals surface area (Å²) >= 11 is 0. The molecule has 0 radical (unpaired) electrons. The van der Waals surface area contributed by atoms with Gasteiger partial charge in [-0.25, -0.2) is 8.42 Å². The van der Waals surface area contributed by atoms with Crippen LogP contribution >= 0.6 is 0 Å². The Kier molecular flexibility index (Phi) is 6.42. The van der Waals surface area contributed by atoms with E-state index in [9.17, 15) is 13.2 Å². The molecule has 0 bridgehead atoms. The molecule has 2 aliphatic heterocycles. The molecule has 1 unspecified atom stereocenters. The zero-order chi connectivity index (χ0) is 19.4. The van der Waals surface area contributed by atoms with E-state index in [0.717, 1.165) is 51.5 Å². The lowest BCUT2D eigenvalue weighted by molar-refractivity contribution is 0.0635. The van der Waals surface area contributed by atoms with E-state index in [1.54, 1.807) is 12.1 Å². The molecule has 150 valence electrons. The van der Waals surface area contributed by atoms with Crippen molar-refractivity contribution in [1.29, 1.82) is 0 Å². The average Bonchev–Trinajstić information content (AvgIpc) is 2.97. The predicted octanol–water partition coefficient (Wildman–Crippen LogP) is 3.27. The second-order valence-corrected chi connectivity index (χ2v) is 9.43. The van der Waals surface area contributed by atoms with E-state index in [-0.39, 0.29) is 16.8 Å². The quantitative estimate of drug-likeness (QED) is 0.786. The van der Waals surface area contributed by atoms with E-state index in [0.29, 0.717) is 24.4 Å². The summed E-state index contributed by atoms with van der Waals surface area (Å²) in [6, 6.07) is 4.96. The molecule has 1 aromatic carbocycles. The number of amides is 1. The first kappa shape index (κ1) is 20.1. The number of sulfonamides is 1. The zero-order valence-corrected chi connectivity index (χ0v) is 17.1. The Balaban J connectivity index is 1.94. The van der Waals surface area contributed by atoms with Gasteiger partial charge in [-0.05, 0) is 57.2 Å². The fraction of sp³-hybridized carbons (Fsp3) is 0.650. The third-order valence-corrected chi connectivity index (χ3v) is 7.58. The van der Waals surface area contributed by atoms with Crippen LogP contribution in [0.4, 0.5) is 0 Å². The van der Waals surface area contributed by atoms with Crippen molar-refractivity contribution in [2.24, 2.45) is 0 Å². The van der Waals surface area contributed by atoms with Gasteiger partial charge in [0.2, 0.25) is 10.0 Å². The molecule has 2 saturated heterocycles. The number of likely N-dealkylation sites (tertiary alicyclic amines) is 1. The molecule has 0 aromatic heterocycles. The molecular formula is C20H30N2O4S. The zero-order valence-electron chi connectivity index (χ0n) is 16.3. The molecule has 6 nitrogen and oxygen atoms in total. The lowest BCUT2D eigenvalue weighted by atomic mass is 10.0. The summed E-state index contributed by atoms with van der Waals surface area (Å²) in [6.45, 7) is 3.81. The van der Waals surface area contributed by atoms with Crippen molar-refractivity contribution in [3.63, 3.8) is 0 Å². The molecule has 1 atom stereocenters. The van der Waals surface area contributed by atoms with Gasteiger partial charge in [-0.2, -0.15) is 4.31 Å². The number of carbonyl (C=O) groups excluding carboxylic acids is 1. The topological polar surface area (TPSA) is 66.9 Å². The fourth-order valence-electron chi connectivity index (χ4n) is 4.00. The van der Waals surface area contributed by atoms with Crippen LogP contribution in [-0.4, -0.2) is 56.3 Å². The van der Waals surface area contributed by atoms with Crippen LogP contribution in [0.2, 0.25) is 0 Å². The monoisotopic (exact) mass is 394 g/mol.